The Morgan fingerprint density at radius 2 is 1.84 bits per heavy atom. The van der Waals surface area contributed by atoms with Crippen molar-refractivity contribution in [2.45, 2.75) is 6.92 Å². The number of pyridine rings is 1. The maximum Gasteiger partial charge on any atom is 0.267 e. The fourth-order valence-electron chi connectivity index (χ4n) is 2.41. The van der Waals surface area contributed by atoms with Crippen LogP contribution in [0.15, 0.2) is 60.7 Å². The Hall–Kier alpha value is -3.47. The van der Waals surface area contributed by atoms with E-state index in [1.807, 2.05) is 25.1 Å². The average Bonchev–Trinajstić information content (AvgIpc) is 2.64. The molecule has 3 rings (SSSR count). The molecule has 0 saturated heterocycles. The lowest BCUT2D eigenvalue weighted by Crippen LogP contribution is -2.12. The second-order valence-electron chi connectivity index (χ2n) is 5.56. The predicted molar refractivity (Wildman–Crippen MR) is 94.8 cm³/mol. The van der Waals surface area contributed by atoms with Gasteiger partial charge in [-0.1, -0.05) is 17.7 Å². The van der Waals surface area contributed by atoms with Crippen LogP contribution < -0.4 is 10.5 Å². The molecule has 1 amide bonds. The smallest absolute Gasteiger partial charge is 0.267 e. The van der Waals surface area contributed by atoms with Gasteiger partial charge in [0.05, 0.1) is 11.3 Å². The molecule has 0 bridgehead atoms. The van der Waals surface area contributed by atoms with Crippen molar-refractivity contribution in [3.8, 4) is 22.8 Å². The summed E-state index contributed by atoms with van der Waals surface area (Å²) in [5.74, 6) is 0.534. The number of nitrogens with zero attached hydrogens (tertiary/aromatic N) is 1. The van der Waals surface area contributed by atoms with Crippen LogP contribution in [0.2, 0.25) is 0 Å². The molecule has 5 heteroatoms. The first-order chi connectivity index (χ1) is 12.1. The number of amides is 1. The molecule has 3 aromatic rings. The number of benzene rings is 2. The van der Waals surface area contributed by atoms with Gasteiger partial charge in [-0.2, -0.15) is 0 Å². The van der Waals surface area contributed by atoms with Crippen molar-refractivity contribution in [2.24, 2.45) is 5.73 Å². The van der Waals surface area contributed by atoms with Crippen LogP contribution >= 0.6 is 0 Å². The third-order valence-electron chi connectivity index (χ3n) is 3.67. The van der Waals surface area contributed by atoms with Gasteiger partial charge in [-0.15, -0.1) is 0 Å². The van der Waals surface area contributed by atoms with E-state index in [-0.39, 0.29) is 5.69 Å². The van der Waals surface area contributed by atoms with E-state index in [2.05, 4.69) is 4.98 Å². The molecule has 0 aliphatic rings. The number of aromatic nitrogens is 1. The second-order valence-corrected chi connectivity index (χ2v) is 5.56. The van der Waals surface area contributed by atoms with E-state index in [9.17, 15) is 9.59 Å². The van der Waals surface area contributed by atoms with E-state index in [4.69, 9.17) is 10.5 Å². The molecule has 0 fully saturated rings. The van der Waals surface area contributed by atoms with E-state index in [0.29, 0.717) is 22.8 Å². The van der Waals surface area contributed by atoms with Crippen LogP contribution in [0.25, 0.3) is 11.3 Å². The van der Waals surface area contributed by atoms with Gasteiger partial charge in [-0.25, -0.2) is 4.98 Å². The van der Waals surface area contributed by atoms with Gasteiger partial charge >= 0.3 is 0 Å². The third kappa shape index (κ3) is 3.72. The molecule has 0 unspecified atom stereocenters. The molecule has 0 radical (unpaired) electrons. The zero-order valence-electron chi connectivity index (χ0n) is 13.6. The lowest BCUT2D eigenvalue weighted by Gasteiger charge is -2.09. The van der Waals surface area contributed by atoms with Crippen LogP contribution in [0.3, 0.4) is 0 Å². The summed E-state index contributed by atoms with van der Waals surface area (Å²) >= 11 is 0. The molecular formula is C20H16N2O3. The van der Waals surface area contributed by atoms with Crippen LogP contribution in [0, 0.1) is 6.92 Å². The number of aldehydes is 1. The molecule has 1 heterocycles. The van der Waals surface area contributed by atoms with Crippen LogP contribution in [-0.2, 0) is 0 Å². The topological polar surface area (TPSA) is 82.3 Å². The Balaban J connectivity index is 1.85. The Morgan fingerprint density at radius 1 is 1.08 bits per heavy atom. The summed E-state index contributed by atoms with van der Waals surface area (Å²) in [6.45, 7) is 1.92. The van der Waals surface area contributed by atoms with Gasteiger partial charge in [-0.3, -0.25) is 9.59 Å². The summed E-state index contributed by atoms with van der Waals surface area (Å²) < 4.78 is 5.78. The second kappa shape index (κ2) is 6.97. The number of hydrogen-bond donors (Lipinski definition) is 1. The normalized spacial score (nSPS) is 10.3. The highest BCUT2D eigenvalue weighted by atomic mass is 16.5. The van der Waals surface area contributed by atoms with Crippen molar-refractivity contribution in [2.75, 3.05) is 0 Å². The standard InChI is InChI=1S/C20H16N2O3/c1-13-5-10-19(15(11-13)12-23)25-16-8-6-14(7-9-16)17-3-2-4-18(22-17)20(21)24/h2-12H,1H3,(H2,21,24). The first-order valence-corrected chi connectivity index (χ1v) is 7.68. The average molecular weight is 332 g/mol. The minimum Gasteiger partial charge on any atom is -0.457 e. The zero-order chi connectivity index (χ0) is 17.8. The lowest BCUT2D eigenvalue weighted by molar-refractivity contribution is 0.0995. The third-order valence-corrected chi connectivity index (χ3v) is 3.67. The van der Waals surface area contributed by atoms with Crippen LogP contribution in [-0.4, -0.2) is 17.2 Å². The minimum atomic E-state index is -0.567. The van der Waals surface area contributed by atoms with E-state index in [0.717, 1.165) is 17.4 Å². The summed E-state index contributed by atoms with van der Waals surface area (Å²) in [7, 11) is 0. The molecule has 0 spiro atoms. The van der Waals surface area contributed by atoms with Gasteiger partial charge in [-0.05, 0) is 55.5 Å². The number of nitrogens with two attached hydrogens (primary N) is 1. The van der Waals surface area contributed by atoms with Gasteiger partial charge in [0, 0.05) is 5.56 Å². The monoisotopic (exact) mass is 332 g/mol. The van der Waals surface area contributed by atoms with Crippen molar-refractivity contribution in [3.63, 3.8) is 0 Å². The van der Waals surface area contributed by atoms with Crippen LogP contribution in [0.4, 0.5) is 0 Å². The summed E-state index contributed by atoms with van der Waals surface area (Å²) in [6.07, 6.45) is 0.774. The number of carbonyl (C=O) groups excluding carboxylic acids is 2. The van der Waals surface area contributed by atoms with E-state index < -0.39 is 5.91 Å². The fourth-order valence-corrected chi connectivity index (χ4v) is 2.41. The molecule has 25 heavy (non-hydrogen) atoms. The molecule has 1 aromatic heterocycles. The van der Waals surface area contributed by atoms with Gasteiger partial charge in [0.15, 0.2) is 6.29 Å². The number of ether oxygens (including phenoxy) is 1. The zero-order valence-corrected chi connectivity index (χ0v) is 13.6. The first-order valence-electron chi connectivity index (χ1n) is 7.68. The van der Waals surface area contributed by atoms with Gasteiger partial charge in [0.25, 0.3) is 5.91 Å². The molecular weight excluding hydrogens is 316 g/mol. The van der Waals surface area contributed by atoms with E-state index in [1.54, 1.807) is 42.5 Å². The molecule has 2 N–H and O–H groups in total. The van der Waals surface area contributed by atoms with Crippen molar-refractivity contribution in [3.05, 3.63) is 77.5 Å². The Bertz CT molecular complexity index is 934. The Morgan fingerprint density at radius 3 is 2.52 bits per heavy atom. The molecule has 0 atom stereocenters. The largest absolute Gasteiger partial charge is 0.457 e. The quantitative estimate of drug-likeness (QED) is 0.721. The van der Waals surface area contributed by atoms with Crippen LogP contribution in [0.5, 0.6) is 11.5 Å². The fraction of sp³-hybridized carbons (Fsp3) is 0.0500. The maximum atomic E-state index is 11.2. The highest BCUT2D eigenvalue weighted by Gasteiger charge is 2.07. The highest BCUT2D eigenvalue weighted by Crippen LogP contribution is 2.27. The number of hydrogen-bond acceptors (Lipinski definition) is 4. The van der Waals surface area contributed by atoms with Gasteiger partial charge < -0.3 is 10.5 Å². The molecule has 0 aliphatic heterocycles. The Labute approximate surface area is 145 Å². The van der Waals surface area contributed by atoms with Crippen molar-refractivity contribution in [1.82, 2.24) is 4.98 Å². The number of aryl methyl sites for hydroxylation is 1. The van der Waals surface area contributed by atoms with Crippen LogP contribution in [0.1, 0.15) is 26.4 Å². The number of carbonyl (C=O) groups is 2. The molecule has 124 valence electrons. The highest BCUT2D eigenvalue weighted by molar-refractivity contribution is 5.91. The molecule has 0 saturated carbocycles. The predicted octanol–water partition coefficient (Wildman–Crippen LogP) is 3.76. The summed E-state index contributed by atoms with van der Waals surface area (Å²) in [5, 5.41) is 0. The summed E-state index contributed by atoms with van der Waals surface area (Å²) in [5.41, 5.74) is 8.44. The van der Waals surface area contributed by atoms with Crippen molar-refractivity contribution >= 4 is 12.2 Å². The summed E-state index contributed by atoms with van der Waals surface area (Å²) in [6, 6.07) is 17.7. The first kappa shape index (κ1) is 16.4. The van der Waals surface area contributed by atoms with E-state index >= 15 is 0 Å². The minimum absolute atomic E-state index is 0.216. The molecule has 0 aliphatic carbocycles. The maximum absolute atomic E-state index is 11.2. The number of rotatable bonds is 5. The van der Waals surface area contributed by atoms with Crippen molar-refractivity contribution in [1.29, 1.82) is 0 Å². The van der Waals surface area contributed by atoms with Gasteiger partial charge in [0.1, 0.15) is 17.2 Å². The van der Waals surface area contributed by atoms with Crippen molar-refractivity contribution < 1.29 is 14.3 Å². The molecule has 5 nitrogen and oxygen atoms in total. The SMILES string of the molecule is Cc1ccc(Oc2ccc(-c3cccc(C(N)=O)n3)cc2)c(C=O)c1. The number of primary amides is 1. The summed E-state index contributed by atoms with van der Waals surface area (Å²) in [4.78, 5) is 26.6. The Kier molecular flexibility index (Phi) is 4.57. The van der Waals surface area contributed by atoms with Gasteiger partial charge in [0.2, 0.25) is 0 Å². The molecule has 2 aromatic carbocycles. The van der Waals surface area contributed by atoms with E-state index in [1.165, 1.54) is 0 Å². The lowest BCUT2D eigenvalue weighted by atomic mass is 10.1.